The predicted octanol–water partition coefficient (Wildman–Crippen LogP) is 8.93. The van der Waals surface area contributed by atoms with Gasteiger partial charge in [0.15, 0.2) is 6.10 Å². The van der Waals surface area contributed by atoms with E-state index in [1.54, 1.807) is 0 Å². The van der Waals surface area contributed by atoms with Crippen molar-refractivity contribution in [3.63, 3.8) is 0 Å². The molecule has 0 aliphatic rings. The molecule has 0 saturated heterocycles. The number of hydrogen-bond donors (Lipinski definition) is 2. The van der Waals surface area contributed by atoms with Crippen molar-refractivity contribution in [1.82, 2.24) is 0 Å². The van der Waals surface area contributed by atoms with Crippen molar-refractivity contribution in [1.29, 1.82) is 0 Å². The fraction of sp³-hybridized carbons (Fsp3) is 0.568. The van der Waals surface area contributed by atoms with Gasteiger partial charge in [-0.3, -0.25) is 18.6 Å². The van der Waals surface area contributed by atoms with Gasteiger partial charge in [0, 0.05) is 19.4 Å². The van der Waals surface area contributed by atoms with Crippen LogP contribution in [0.5, 0.6) is 0 Å². The Morgan fingerprint density at radius 3 is 1.68 bits per heavy atom. The van der Waals surface area contributed by atoms with E-state index in [9.17, 15) is 19.0 Å². The van der Waals surface area contributed by atoms with Crippen molar-refractivity contribution >= 4 is 19.8 Å². The maximum atomic E-state index is 12.4. The zero-order valence-electron chi connectivity index (χ0n) is 28.7. The average molecular weight is 678 g/mol. The van der Waals surface area contributed by atoms with Crippen molar-refractivity contribution in [2.45, 2.75) is 110 Å². The van der Waals surface area contributed by atoms with Crippen LogP contribution in [0.25, 0.3) is 0 Å². The fourth-order valence-corrected chi connectivity index (χ4v) is 4.60. The van der Waals surface area contributed by atoms with Crippen molar-refractivity contribution in [2.75, 3.05) is 26.4 Å². The molecule has 10 heteroatoms. The van der Waals surface area contributed by atoms with Crippen LogP contribution in [0.3, 0.4) is 0 Å². The van der Waals surface area contributed by atoms with Crippen LogP contribution in [0, 0.1) is 0 Å². The summed E-state index contributed by atoms with van der Waals surface area (Å²) in [7, 11) is -4.40. The van der Waals surface area contributed by atoms with Gasteiger partial charge in [-0.1, -0.05) is 105 Å². The third kappa shape index (κ3) is 32.9. The molecule has 266 valence electrons. The van der Waals surface area contributed by atoms with Crippen molar-refractivity contribution in [2.24, 2.45) is 5.73 Å². The second-order valence-electron chi connectivity index (χ2n) is 10.6. The molecule has 2 unspecified atom stereocenters. The van der Waals surface area contributed by atoms with Gasteiger partial charge in [0.25, 0.3) is 0 Å². The number of carbonyl (C=O) groups is 2. The predicted molar refractivity (Wildman–Crippen MR) is 192 cm³/mol. The zero-order chi connectivity index (χ0) is 34.7. The summed E-state index contributed by atoms with van der Waals surface area (Å²) in [6.07, 6.45) is 39.3. The number of esters is 2. The highest BCUT2D eigenvalue weighted by Gasteiger charge is 2.25. The van der Waals surface area contributed by atoms with Crippen LogP contribution >= 0.6 is 7.82 Å². The van der Waals surface area contributed by atoms with E-state index >= 15 is 0 Å². The van der Waals surface area contributed by atoms with Crippen LogP contribution in [0.1, 0.15) is 104 Å². The summed E-state index contributed by atoms with van der Waals surface area (Å²) in [5.41, 5.74) is 5.31. The summed E-state index contributed by atoms with van der Waals surface area (Å²) in [4.78, 5) is 34.5. The summed E-state index contributed by atoms with van der Waals surface area (Å²) < 4.78 is 32.4. The Hall–Kier alpha value is -2.81. The van der Waals surface area contributed by atoms with E-state index in [0.29, 0.717) is 12.8 Å². The minimum absolute atomic E-state index is 0.0338. The molecule has 0 aromatic carbocycles. The SMILES string of the molecule is CC/C=C\C/C=C\C/C=C\C/C=C\CCC(=O)OC(COC(=O)CCCCC/C=C\C/C=C\C/C=C\CC)COP(=O)(O)OCCN. The van der Waals surface area contributed by atoms with E-state index in [2.05, 4.69) is 86.8 Å². The highest BCUT2D eigenvalue weighted by atomic mass is 31.2. The first-order valence-corrected chi connectivity index (χ1v) is 18.6. The number of hydrogen-bond acceptors (Lipinski definition) is 8. The second-order valence-corrected chi connectivity index (χ2v) is 12.1. The molecule has 0 heterocycles. The van der Waals surface area contributed by atoms with Gasteiger partial charge in [-0.2, -0.15) is 0 Å². The summed E-state index contributed by atoms with van der Waals surface area (Å²) in [6.45, 7) is 3.32. The Morgan fingerprint density at radius 2 is 1.15 bits per heavy atom. The molecule has 2 atom stereocenters. The minimum atomic E-state index is -4.40. The quantitative estimate of drug-likeness (QED) is 0.0331. The Labute approximate surface area is 284 Å². The molecular weight excluding hydrogens is 617 g/mol. The van der Waals surface area contributed by atoms with Crippen LogP contribution in [-0.4, -0.2) is 49.3 Å². The minimum Gasteiger partial charge on any atom is -0.462 e. The van der Waals surface area contributed by atoms with Gasteiger partial charge in [0.2, 0.25) is 0 Å². The van der Waals surface area contributed by atoms with Crippen LogP contribution < -0.4 is 5.73 Å². The Balaban J connectivity index is 4.47. The van der Waals surface area contributed by atoms with E-state index < -0.39 is 32.5 Å². The molecule has 0 aromatic rings. The maximum absolute atomic E-state index is 12.4. The summed E-state index contributed by atoms with van der Waals surface area (Å²) in [5, 5.41) is 0. The topological polar surface area (TPSA) is 134 Å². The van der Waals surface area contributed by atoms with Gasteiger partial charge in [-0.25, -0.2) is 4.57 Å². The molecule has 0 fully saturated rings. The fourth-order valence-electron chi connectivity index (χ4n) is 3.84. The van der Waals surface area contributed by atoms with Crippen LogP contribution in [-0.2, 0) is 32.7 Å². The standard InChI is InChI=1S/C37H60NO8P/c1-3-5-7-9-11-13-15-17-19-21-23-25-27-29-36(39)43-33-35(34-45-47(41,42)44-32-31-38)46-37(40)30-28-26-24-22-20-18-16-14-12-10-8-6-4-2/h5-8,11-14,17-20,24,26,35H,3-4,9-10,15-16,21-23,25,27-34,38H2,1-2H3,(H,41,42)/b7-5-,8-6-,13-11-,14-12-,19-17-,20-18-,26-24-. The number of phosphoric acid groups is 1. The summed E-state index contributed by atoms with van der Waals surface area (Å²) >= 11 is 0. The van der Waals surface area contributed by atoms with Gasteiger partial charge in [-0.15, -0.1) is 0 Å². The maximum Gasteiger partial charge on any atom is 0.472 e. The van der Waals surface area contributed by atoms with Crippen molar-refractivity contribution in [3.05, 3.63) is 85.1 Å². The lowest BCUT2D eigenvalue weighted by atomic mass is 10.1. The highest BCUT2D eigenvalue weighted by Crippen LogP contribution is 2.43. The van der Waals surface area contributed by atoms with E-state index in [-0.39, 0.29) is 32.6 Å². The number of carbonyl (C=O) groups excluding carboxylic acids is 2. The van der Waals surface area contributed by atoms with Crippen molar-refractivity contribution in [3.8, 4) is 0 Å². The molecule has 3 N–H and O–H groups in total. The number of phosphoric ester groups is 1. The van der Waals surface area contributed by atoms with Crippen molar-refractivity contribution < 1.29 is 37.6 Å². The van der Waals surface area contributed by atoms with E-state index in [1.807, 2.05) is 12.2 Å². The van der Waals surface area contributed by atoms with E-state index in [1.165, 1.54) is 0 Å². The lowest BCUT2D eigenvalue weighted by Crippen LogP contribution is -2.29. The summed E-state index contributed by atoms with van der Waals surface area (Å²) in [5.74, 6) is -0.972. The first-order chi connectivity index (χ1) is 22.8. The summed E-state index contributed by atoms with van der Waals surface area (Å²) in [6, 6.07) is 0. The molecule has 0 saturated carbocycles. The lowest BCUT2D eigenvalue weighted by Gasteiger charge is -2.19. The third-order valence-corrected chi connectivity index (χ3v) is 7.27. The smallest absolute Gasteiger partial charge is 0.462 e. The monoisotopic (exact) mass is 677 g/mol. The van der Waals surface area contributed by atoms with Crippen LogP contribution in [0.4, 0.5) is 0 Å². The van der Waals surface area contributed by atoms with E-state index in [4.69, 9.17) is 24.3 Å². The molecule has 47 heavy (non-hydrogen) atoms. The lowest BCUT2D eigenvalue weighted by molar-refractivity contribution is -0.161. The molecule has 9 nitrogen and oxygen atoms in total. The molecule has 0 rings (SSSR count). The largest absolute Gasteiger partial charge is 0.472 e. The molecule has 0 aliphatic carbocycles. The molecule has 0 amide bonds. The van der Waals surface area contributed by atoms with Gasteiger partial charge in [0.05, 0.1) is 13.2 Å². The van der Waals surface area contributed by atoms with Gasteiger partial charge < -0.3 is 20.1 Å². The zero-order valence-corrected chi connectivity index (χ0v) is 29.6. The first kappa shape index (κ1) is 44.2. The highest BCUT2D eigenvalue weighted by molar-refractivity contribution is 7.47. The molecule has 0 spiro atoms. The molecule has 0 bridgehead atoms. The molecule has 0 radical (unpaired) electrons. The Kier molecular flexibility index (Phi) is 31.1. The van der Waals surface area contributed by atoms with Crippen LogP contribution in [0.15, 0.2) is 85.1 Å². The molecule has 0 aliphatic heterocycles. The third-order valence-electron chi connectivity index (χ3n) is 6.29. The number of allylic oxidation sites excluding steroid dienone is 14. The second kappa shape index (κ2) is 33.1. The first-order valence-electron chi connectivity index (χ1n) is 17.1. The molecule has 0 aromatic heterocycles. The van der Waals surface area contributed by atoms with Gasteiger partial charge in [0.1, 0.15) is 6.61 Å². The number of unbranched alkanes of at least 4 members (excludes halogenated alkanes) is 3. The normalized spacial score (nSPS) is 14.6. The van der Waals surface area contributed by atoms with Gasteiger partial charge >= 0.3 is 19.8 Å². The Morgan fingerprint density at radius 1 is 0.638 bits per heavy atom. The number of rotatable bonds is 30. The Bertz CT molecular complexity index is 1040. The molecular formula is C37H60NO8P. The number of nitrogens with two attached hydrogens (primary N) is 1. The van der Waals surface area contributed by atoms with Crippen LogP contribution in [0.2, 0.25) is 0 Å². The van der Waals surface area contributed by atoms with E-state index in [0.717, 1.165) is 64.2 Å². The number of ether oxygens (including phenoxy) is 2. The van der Waals surface area contributed by atoms with Gasteiger partial charge in [-0.05, 0) is 70.6 Å². The average Bonchev–Trinajstić information content (AvgIpc) is 3.05.